The van der Waals surface area contributed by atoms with Gasteiger partial charge in [0.15, 0.2) is 5.79 Å². The zero-order valence-electron chi connectivity index (χ0n) is 10.1. The van der Waals surface area contributed by atoms with Crippen LogP contribution in [0, 0.1) is 0 Å². The van der Waals surface area contributed by atoms with Crippen LogP contribution >= 0.6 is 0 Å². The molecule has 2 N–H and O–H groups in total. The Morgan fingerprint density at radius 1 is 1.50 bits per heavy atom. The molecule has 18 heavy (non-hydrogen) atoms. The zero-order chi connectivity index (χ0) is 13.2. The lowest BCUT2D eigenvalue weighted by Crippen LogP contribution is -2.29. The van der Waals surface area contributed by atoms with Crippen LogP contribution in [-0.2, 0) is 9.47 Å². The van der Waals surface area contributed by atoms with E-state index >= 15 is 0 Å². The SMILES string of the molecule is C[C@@]1(O)C[C@H](O)[C@@H](COC(=O)c2ccccc2)O1. The molecule has 0 amide bonds. The van der Waals surface area contributed by atoms with E-state index in [2.05, 4.69) is 0 Å². The maximum Gasteiger partial charge on any atom is 0.338 e. The molecular formula is C13H16O5. The first-order chi connectivity index (χ1) is 8.48. The molecule has 1 heterocycles. The van der Waals surface area contributed by atoms with Crippen molar-refractivity contribution in [1.29, 1.82) is 0 Å². The maximum atomic E-state index is 11.6. The highest BCUT2D eigenvalue weighted by atomic mass is 16.7. The van der Waals surface area contributed by atoms with Crippen molar-refractivity contribution in [3.05, 3.63) is 35.9 Å². The van der Waals surface area contributed by atoms with Gasteiger partial charge in [-0.25, -0.2) is 4.79 Å². The smallest absolute Gasteiger partial charge is 0.338 e. The molecule has 3 atom stereocenters. The zero-order valence-corrected chi connectivity index (χ0v) is 10.1. The number of benzene rings is 1. The fourth-order valence-electron chi connectivity index (χ4n) is 1.93. The standard InChI is InChI=1S/C13H16O5/c1-13(16)7-10(14)11(18-13)8-17-12(15)9-5-3-2-4-6-9/h2-6,10-11,14,16H,7-8H2,1H3/t10-,11+,13-/m0/s1. The molecule has 1 aliphatic heterocycles. The summed E-state index contributed by atoms with van der Waals surface area (Å²) in [5, 5.41) is 19.2. The Morgan fingerprint density at radius 2 is 2.17 bits per heavy atom. The van der Waals surface area contributed by atoms with Gasteiger partial charge in [-0.05, 0) is 19.1 Å². The molecule has 0 spiro atoms. The lowest BCUT2D eigenvalue weighted by atomic mass is 10.1. The molecule has 1 fully saturated rings. The Bertz CT molecular complexity index is 415. The van der Waals surface area contributed by atoms with Crippen molar-refractivity contribution in [3.8, 4) is 0 Å². The van der Waals surface area contributed by atoms with E-state index in [-0.39, 0.29) is 13.0 Å². The molecule has 0 radical (unpaired) electrons. The van der Waals surface area contributed by atoms with Crippen molar-refractivity contribution in [2.75, 3.05) is 6.61 Å². The summed E-state index contributed by atoms with van der Waals surface area (Å²) in [5.74, 6) is -1.83. The molecule has 5 nitrogen and oxygen atoms in total. The fraction of sp³-hybridized carbons (Fsp3) is 0.462. The lowest BCUT2D eigenvalue weighted by Gasteiger charge is -2.17. The third kappa shape index (κ3) is 3.07. The van der Waals surface area contributed by atoms with E-state index < -0.39 is 24.0 Å². The molecule has 1 aromatic carbocycles. The number of ether oxygens (including phenoxy) is 2. The lowest BCUT2D eigenvalue weighted by molar-refractivity contribution is -0.185. The Labute approximate surface area is 105 Å². The van der Waals surface area contributed by atoms with Crippen molar-refractivity contribution in [2.45, 2.75) is 31.3 Å². The molecule has 0 bridgehead atoms. The van der Waals surface area contributed by atoms with Gasteiger partial charge in [0.1, 0.15) is 12.7 Å². The predicted molar refractivity (Wildman–Crippen MR) is 62.8 cm³/mol. The Balaban J connectivity index is 1.87. The summed E-state index contributed by atoms with van der Waals surface area (Å²) in [7, 11) is 0. The Kier molecular flexibility index (Phi) is 3.65. The van der Waals surface area contributed by atoms with E-state index in [4.69, 9.17) is 9.47 Å². The number of rotatable bonds is 3. The van der Waals surface area contributed by atoms with Crippen molar-refractivity contribution < 1.29 is 24.5 Å². The number of carbonyl (C=O) groups is 1. The molecule has 1 aromatic rings. The van der Waals surface area contributed by atoms with Crippen LogP contribution in [0.5, 0.6) is 0 Å². The molecule has 2 rings (SSSR count). The number of aliphatic hydroxyl groups excluding tert-OH is 1. The fourth-order valence-corrected chi connectivity index (χ4v) is 1.93. The monoisotopic (exact) mass is 252 g/mol. The van der Waals surface area contributed by atoms with Gasteiger partial charge in [-0.3, -0.25) is 0 Å². The normalized spacial score (nSPS) is 31.3. The quantitative estimate of drug-likeness (QED) is 0.774. The molecule has 98 valence electrons. The van der Waals surface area contributed by atoms with Gasteiger partial charge in [-0.2, -0.15) is 0 Å². The highest BCUT2D eigenvalue weighted by molar-refractivity contribution is 5.89. The highest BCUT2D eigenvalue weighted by Gasteiger charge is 2.41. The second kappa shape index (κ2) is 5.06. The predicted octanol–water partition coefficient (Wildman–Crippen LogP) is 0.702. The number of hydrogen-bond donors (Lipinski definition) is 2. The van der Waals surface area contributed by atoms with Crippen LogP contribution in [-0.4, -0.2) is 40.8 Å². The molecule has 0 unspecified atom stereocenters. The number of esters is 1. The molecule has 5 heteroatoms. The minimum Gasteiger partial charge on any atom is -0.459 e. The van der Waals surface area contributed by atoms with Crippen LogP contribution in [0.1, 0.15) is 23.7 Å². The van der Waals surface area contributed by atoms with E-state index in [1.807, 2.05) is 0 Å². The van der Waals surface area contributed by atoms with Crippen LogP contribution in [0.4, 0.5) is 0 Å². The number of hydrogen-bond acceptors (Lipinski definition) is 5. The summed E-state index contributed by atoms with van der Waals surface area (Å²) < 4.78 is 10.2. The number of aliphatic hydroxyl groups is 2. The first kappa shape index (κ1) is 13.0. The average molecular weight is 252 g/mol. The van der Waals surface area contributed by atoms with Gasteiger partial charge in [0.05, 0.1) is 11.7 Å². The summed E-state index contributed by atoms with van der Waals surface area (Å²) in [6.07, 6.45) is -1.41. The van der Waals surface area contributed by atoms with Crippen molar-refractivity contribution in [2.24, 2.45) is 0 Å². The van der Waals surface area contributed by atoms with Crippen LogP contribution < -0.4 is 0 Å². The second-order valence-corrected chi connectivity index (χ2v) is 4.57. The van der Waals surface area contributed by atoms with Crippen molar-refractivity contribution in [1.82, 2.24) is 0 Å². The minimum absolute atomic E-state index is 0.0783. The topological polar surface area (TPSA) is 76.0 Å². The molecule has 0 aromatic heterocycles. The van der Waals surface area contributed by atoms with E-state index in [9.17, 15) is 15.0 Å². The first-order valence-electron chi connectivity index (χ1n) is 5.78. The van der Waals surface area contributed by atoms with Crippen LogP contribution in [0.25, 0.3) is 0 Å². The summed E-state index contributed by atoms with van der Waals surface area (Å²) >= 11 is 0. The minimum atomic E-state index is -1.36. The molecule has 1 aliphatic rings. The summed E-state index contributed by atoms with van der Waals surface area (Å²) in [6, 6.07) is 8.57. The van der Waals surface area contributed by atoms with Crippen LogP contribution in [0.2, 0.25) is 0 Å². The molecular weight excluding hydrogens is 236 g/mol. The van der Waals surface area contributed by atoms with E-state index in [1.54, 1.807) is 30.3 Å². The first-order valence-corrected chi connectivity index (χ1v) is 5.78. The van der Waals surface area contributed by atoms with Gasteiger partial charge in [-0.15, -0.1) is 0 Å². The summed E-state index contributed by atoms with van der Waals surface area (Å²) in [6.45, 7) is 1.39. The van der Waals surface area contributed by atoms with Gasteiger partial charge in [0, 0.05) is 6.42 Å². The Hall–Kier alpha value is -1.43. The van der Waals surface area contributed by atoms with Gasteiger partial charge in [0.25, 0.3) is 0 Å². The maximum absolute atomic E-state index is 11.6. The van der Waals surface area contributed by atoms with Crippen molar-refractivity contribution in [3.63, 3.8) is 0 Å². The second-order valence-electron chi connectivity index (χ2n) is 4.57. The molecule has 0 saturated carbocycles. The summed E-state index contributed by atoms with van der Waals surface area (Å²) in [5.41, 5.74) is 0.441. The Morgan fingerprint density at radius 3 is 2.72 bits per heavy atom. The van der Waals surface area contributed by atoms with E-state index in [0.29, 0.717) is 5.56 Å². The third-order valence-electron chi connectivity index (χ3n) is 2.81. The van der Waals surface area contributed by atoms with Crippen LogP contribution in [0.15, 0.2) is 30.3 Å². The average Bonchev–Trinajstić information content (AvgIpc) is 2.60. The summed E-state index contributed by atoms with van der Waals surface area (Å²) in [4.78, 5) is 11.6. The van der Waals surface area contributed by atoms with E-state index in [1.165, 1.54) is 6.92 Å². The van der Waals surface area contributed by atoms with Gasteiger partial charge >= 0.3 is 5.97 Å². The van der Waals surface area contributed by atoms with Gasteiger partial charge < -0.3 is 19.7 Å². The highest BCUT2D eigenvalue weighted by Crippen LogP contribution is 2.28. The van der Waals surface area contributed by atoms with Gasteiger partial charge in [0.2, 0.25) is 0 Å². The molecule has 1 saturated heterocycles. The van der Waals surface area contributed by atoms with E-state index in [0.717, 1.165) is 0 Å². The van der Waals surface area contributed by atoms with Gasteiger partial charge in [-0.1, -0.05) is 18.2 Å². The largest absolute Gasteiger partial charge is 0.459 e. The molecule has 0 aliphatic carbocycles. The number of carbonyl (C=O) groups excluding carboxylic acids is 1. The van der Waals surface area contributed by atoms with Crippen LogP contribution in [0.3, 0.4) is 0 Å². The third-order valence-corrected chi connectivity index (χ3v) is 2.81. The van der Waals surface area contributed by atoms with Crippen molar-refractivity contribution >= 4 is 5.97 Å².